The summed E-state index contributed by atoms with van der Waals surface area (Å²) in [6.45, 7) is 7.51. The van der Waals surface area contributed by atoms with Gasteiger partial charge in [-0.1, -0.05) is 45.0 Å². The van der Waals surface area contributed by atoms with Crippen LogP contribution in [0.15, 0.2) is 30.6 Å². The predicted octanol–water partition coefficient (Wildman–Crippen LogP) is 1.51. The molecule has 0 saturated carbocycles. The maximum Gasteiger partial charge on any atom is 0.325 e. The molecule has 27 heavy (non-hydrogen) atoms. The Morgan fingerprint density at radius 3 is 2.44 bits per heavy atom. The fourth-order valence-corrected chi connectivity index (χ4v) is 2.92. The number of hydrogen-bond donors (Lipinski definition) is 3. The molecule has 0 spiro atoms. The number of H-pyrrole nitrogens is 1. The first-order valence-electron chi connectivity index (χ1n) is 8.51. The fraction of sp³-hybridized carbons (Fsp3) is 0.389. The lowest BCUT2D eigenvalue weighted by atomic mass is 9.84. The van der Waals surface area contributed by atoms with Crippen LogP contribution in [0.5, 0.6) is 0 Å². The van der Waals surface area contributed by atoms with Crippen molar-refractivity contribution < 1.29 is 14.4 Å². The minimum Gasteiger partial charge on any atom is -0.319 e. The number of aromatic amines is 1. The van der Waals surface area contributed by atoms with Gasteiger partial charge in [0.15, 0.2) is 0 Å². The van der Waals surface area contributed by atoms with Gasteiger partial charge < -0.3 is 5.32 Å². The zero-order chi connectivity index (χ0) is 19.8. The average Bonchev–Trinajstić information content (AvgIpc) is 3.17. The van der Waals surface area contributed by atoms with E-state index in [0.717, 1.165) is 10.5 Å². The van der Waals surface area contributed by atoms with E-state index < -0.39 is 29.9 Å². The van der Waals surface area contributed by atoms with Crippen LogP contribution in [0, 0.1) is 0 Å². The quantitative estimate of drug-likeness (QED) is 0.705. The smallest absolute Gasteiger partial charge is 0.319 e. The Balaban J connectivity index is 1.77. The Labute approximate surface area is 156 Å². The number of amides is 4. The third-order valence-electron chi connectivity index (χ3n) is 4.58. The van der Waals surface area contributed by atoms with Crippen molar-refractivity contribution in [3.8, 4) is 0 Å². The van der Waals surface area contributed by atoms with Gasteiger partial charge in [0.1, 0.15) is 18.4 Å². The molecule has 1 aromatic carbocycles. The van der Waals surface area contributed by atoms with Crippen molar-refractivity contribution in [1.29, 1.82) is 0 Å². The zero-order valence-electron chi connectivity index (χ0n) is 15.7. The van der Waals surface area contributed by atoms with Crippen molar-refractivity contribution in [2.75, 3.05) is 11.9 Å². The molecular weight excluding hydrogens is 348 g/mol. The Bertz CT molecular complexity index is 870. The fourth-order valence-electron chi connectivity index (χ4n) is 2.92. The first-order chi connectivity index (χ1) is 12.6. The first kappa shape index (κ1) is 18.6. The van der Waals surface area contributed by atoms with E-state index in [1.54, 1.807) is 6.92 Å². The van der Waals surface area contributed by atoms with Crippen molar-refractivity contribution in [3.63, 3.8) is 0 Å². The molecule has 142 valence electrons. The molecular formula is C18H22N6O3. The van der Waals surface area contributed by atoms with Crippen LogP contribution in [0.2, 0.25) is 0 Å². The maximum absolute atomic E-state index is 12.9. The lowest BCUT2D eigenvalue weighted by Gasteiger charge is -2.24. The summed E-state index contributed by atoms with van der Waals surface area (Å²) in [7, 11) is 0. The highest BCUT2D eigenvalue weighted by atomic mass is 16.2. The van der Waals surface area contributed by atoms with Crippen LogP contribution >= 0.6 is 0 Å². The zero-order valence-corrected chi connectivity index (χ0v) is 15.7. The number of anilines is 1. The molecule has 0 aliphatic carbocycles. The van der Waals surface area contributed by atoms with Gasteiger partial charge in [0, 0.05) is 0 Å². The minimum absolute atomic E-state index is 0.0206. The Hall–Kier alpha value is -3.23. The number of nitrogens with one attached hydrogen (secondary N) is 3. The van der Waals surface area contributed by atoms with E-state index in [0.29, 0.717) is 5.56 Å². The third-order valence-corrected chi connectivity index (χ3v) is 4.58. The van der Waals surface area contributed by atoms with E-state index in [2.05, 4.69) is 46.6 Å². The van der Waals surface area contributed by atoms with E-state index in [-0.39, 0.29) is 11.4 Å². The summed E-state index contributed by atoms with van der Waals surface area (Å²) >= 11 is 0. The van der Waals surface area contributed by atoms with Crippen LogP contribution in [0.3, 0.4) is 0 Å². The van der Waals surface area contributed by atoms with Gasteiger partial charge in [-0.25, -0.2) is 9.89 Å². The first-order valence-corrected chi connectivity index (χ1v) is 8.51. The molecule has 1 aliphatic heterocycles. The van der Waals surface area contributed by atoms with Gasteiger partial charge in [0.05, 0.1) is 0 Å². The molecule has 1 atom stereocenters. The van der Waals surface area contributed by atoms with Crippen LogP contribution in [0.4, 0.5) is 10.7 Å². The summed E-state index contributed by atoms with van der Waals surface area (Å²) in [4.78, 5) is 42.0. The molecule has 2 heterocycles. The summed E-state index contributed by atoms with van der Waals surface area (Å²) in [5.41, 5.74) is 0.537. The van der Waals surface area contributed by atoms with Gasteiger partial charge in [-0.05, 0) is 23.5 Å². The molecule has 1 unspecified atom stereocenters. The monoisotopic (exact) mass is 370 g/mol. The van der Waals surface area contributed by atoms with E-state index in [1.807, 2.05) is 24.3 Å². The summed E-state index contributed by atoms with van der Waals surface area (Å²) in [5, 5.41) is 11.2. The van der Waals surface area contributed by atoms with Gasteiger partial charge in [-0.15, -0.1) is 0 Å². The molecule has 4 amide bonds. The predicted molar refractivity (Wildman–Crippen MR) is 97.8 cm³/mol. The van der Waals surface area contributed by atoms with Crippen LogP contribution in [-0.4, -0.2) is 44.5 Å². The number of nitrogens with zero attached hydrogens (tertiary/aromatic N) is 3. The number of hydrogen-bond acceptors (Lipinski definition) is 5. The molecule has 1 fully saturated rings. The number of imide groups is 1. The second-order valence-electron chi connectivity index (χ2n) is 7.66. The van der Waals surface area contributed by atoms with Crippen molar-refractivity contribution >= 4 is 23.8 Å². The number of rotatable bonds is 4. The maximum atomic E-state index is 12.9. The minimum atomic E-state index is -1.22. The number of carbonyl (C=O) groups excluding carboxylic acids is 3. The van der Waals surface area contributed by atoms with E-state index in [9.17, 15) is 14.4 Å². The van der Waals surface area contributed by atoms with E-state index in [1.165, 1.54) is 6.33 Å². The Morgan fingerprint density at radius 2 is 1.89 bits per heavy atom. The average molecular weight is 370 g/mol. The molecule has 9 nitrogen and oxygen atoms in total. The third kappa shape index (κ3) is 3.53. The SMILES string of the molecule is CC(C)(C)c1ccc(C2(C)NC(=O)N(CC(=O)Nc3ncn[nH]3)C2=O)cc1. The topological polar surface area (TPSA) is 120 Å². The summed E-state index contributed by atoms with van der Waals surface area (Å²) in [6.07, 6.45) is 1.24. The van der Waals surface area contributed by atoms with Gasteiger partial charge in [0.25, 0.3) is 5.91 Å². The molecule has 0 radical (unpaired) electrons. The van der Waals surface area contributed by atoms with E-state index >= 15 is 0 Å². The molecule has 3 rings (SSSR count). The molecule has 9 heteroatoms. The summed E-state index contributed by atoms with van der Waals surface area (Å²) in [6, 6.07) is 6.93. The summed E-state index contributed by atoms with van der Waals surface area (Å²) < 4.78 is 0. The van der Waals surface area contributed by atoms with Crippen LogP contribution < -0.4 is 10.6 Å². The Kier molecular flexibility index (Phi) is 4.46. The summed E-state index contributed by atoms with van der Waals surface area (Å²) in [5.74, 6) is -0.890. The second kappa shape index (κ2) is 6.49. The van der Waals surface area contributed by atoms with Crippen molar-refractivity contribution in [2.24, 2.45) is 0 Å². The lowest BCUT2D eigenvalue weighted by Crippen LogP contribution is -2.42. The van der Waals surface area contributed by atoms with Gasteiger partial charge in [-0.3, -0.25) is 19.8 Å². The Morgan fingerprint density at radius 1 is 1.22 bits per heavy atom. The number of aromatic nitrogens is 3. The highest BCUT2D eigenvalue weighted by Crippen LogP contribution is 2.31. The molecule has 1 aromatic heterocycles. The van der Waals surface area contributed by atoms with Gasteiger partial charge in [0.2, 0.25) is 11.9 Å². The molecule has 1 aliphatic rings. The number of carbonyl (C=O) groups is 3. The van der Waals surface area contributed by atoms with Crippen molar-refractivity contribution in [3.05, 3.63) is 41.7 Å². The highest BCUT2D eigenvalue weighted by molar-refractivity contribution is 6.10. The van der Waals surface area contributed by atoms with Crippen LogP contribution in [0.1, 0.15) is 38.8 Å². The number of benzene rings is 1. The molecule has 0 bridgehead atoms. The van der Waals surface area contributed by atoms with Gasteiger partial charge >= 0.3 is 6.03 Å². The molecule has 1 saturated heterocycles. The van der Waals surface area contributed by atoms with Crippen molar-refractivity contribution in [1.82, 2.24) is 25.4 Å². The van der Waals surface area contributed by atoms with Crippen molar-refractivity contribution in [2.45, 2.75) is 38.6 Å². The van der Waals surface area contributed by atoms with Gasteiger partial charge in [-0.2, -0.15) is 10.1 Å². The van der Waals surface area contributed by atoms with E-state index in [4.69, 9.17) is 0 Å². The van der Waals surface area contributed by atoms with Crippen LogP contribution in [0.25, 0.3) is 0 Å². The standard InChI is InChI=1S/C18H22N6O3/c1-17(2,3)11-5-7-12(8-6-11)18(4)14(26)24(16(27)22-18)9-13(25)21-15-19-10-20-23-15/h5-8,10H,9H2,1-4H3,(H,22,27)(H2,19,20,21,23,25). The largest absolute Gasteiger partial charge is 0.325 e. The second-order valence-corrected chi connectivity index (χ2v) is 7.66. The number of urea groups is 1. The molecule has 3 N–H and O–H groups in total. The highest BCUT2D eigenvalue weighted by Gasteiger charge is 2.49. The lowest BCUT2D eigenvalue weighted by molar-refractivity contribution is -0.133. The molecule has 2 aromatic rings. The van der Waals surface area contributed by atoms with Crippen LogP contribution in [-0.2, 0) is 20.5 Å². The normalized spacial score (nSPS) is 19.9.